The maximum Gasteiger partial charge on any atom is 0.258 e. The number of aryl methyl sites for hydroxylation is 1. The minimum atomic E-state index is -0.767. The van der Waals surface area contributed by atoms with Crippen molar-refractivity contribution in [3.05, 3.63) is 199 Å². The summed E-state index contributed by atoms with van der Waals surface area (Å²) >= 11 is 25.9. The smallest absolute Gasteiger partial charge is 0.258 e. The molecular weight excluding hydrogens is 942 g/mol. The van der Waals surface area contributed by atoms with Crippen molar-refractivity contribution in [2.75, 3.05) is 13.2 Å². The van der Waals surface area contributed by atoms with E-state index >= 15 is 0 Å². The molecule has 6 aromatic carbocycles. The van der Waals surface area contributed by atoms with Crippen LogP contribution in [0.5, 0.6) is 23.0 Å². The number of pyridine rings is 2. The van der Waals surface area contributed by atoms with Crippen LogP contribution in [0.15, 0.2) is 146 Å². The number of aromatic nitrogens is 2. The van der Waals surface area contributed by atoms with Gasteiger partial charge in [-0.15, -0.1) is 0 Å². The van der Waals surface area contributed by atoms with Gasteiger partial charge in [-0.2, -0.15) is 0 Å². The van der Waals surface area contributed by atoms with Gasteiger partial charge in [0.2, 0.25) is 0 Å². The highest BCUT2D eigenvalue weighted by atomic mass is 35.5. The summed E-state index contributed by atoms with van der Waals surface area (Å²) in [4.78, 5) is 34.4. The summed E-state index contributed by atoms with van der Waals surface area (Å²) in [6.07, 6.45) is 5.20. The Hall–Kier alpha value is -6.56. The standard InChI is InChI=1S/2C27H24Cl2N2O3/c1-16(2)17-9-11-18(12-10-17)34-15-24(32)31-25(19-6-3-4-8-22(19)28)21-14-23(29)20-7-5-13-30-26(20)27(21)33;1-2-6-17-10-12-18(13-11-17)34-16-24(32)31-25(19-7-3-4-9-22(19)28)21-15-23(29)20-8-5-14-30-26(20)27(21)33/h3-14,16,25,33H,15H2,1-2H3,(H,31,32);3-5,7-15,25,33H,2,6,16H2,1H3,(H,31,32). The molecule has 2 amide bonds. The van der Waals surface area contributed by atoms with Gasteiger partial charge in [0.1, 0.15) is 34.0 Å². The van der Waals surface area contributed by atoms with Crippen molar-refractivity contribution in [2.45, 2.75) is 51.6 Å². The van der Waals surface area contributed by atoms with E-state index in [1.807, 2.05) is 60.7 Å². The summed E-state index contributed by atoms with van der Waals surface area (Å²) < 4.78 is 11.4. The lowest BCUT2D eigenvalue weighted by Crippen LogP contribution is -2.33. The Morgan fingerprint density at radius 2 is 0.985 bits per heavy atom. The molecular formula is C54H48Cl4N4O6. The second kappa shape index (κ2) is 23.0. The first-order valence-electron chi connectivity index (χ1n) is 21.9. The number of carbonyl (C=O) groups excluding carboxylic acids is 2. The Kier molecular flexibility index (Phi) is 16.7. The number of carbonyl (C=O) groups is 2. The predicted octanol–water partition coefficient (Wildman–Crippen LogP) is 13.1. The normalized spacial score (nSPS) is 11.9. The second-order valence-electron chi connectivity index (χ2n) is 16.1. The molecule has 2 aromatic heterocycles. The zero-order chi connectivity index (χ0) is 48.3. The number of nitrogens with one attached hydrogen (secondary N) is 2. The molecule has 0 radical (unpaired) electrons. The van der Waals surface area contributed by atoms with Gasteiger partial charge in [-0.05, 0) is 107 Å². The Labute approximate surface area is 414 Å². The molecule has 0 fully saturated rings. The van der Waals surface area contributed by atoms with Crippen LogP contribution in [-0.4, -0.2) is 45.2 Å². The quantitative estimate of drug-likeness (QED) is 0.0795. The number of amides is 2. The number of rotatable bonds is 15. The zero-order valence-corrected chi connectivity index (χ0v) is 40.4. The van der Waals surface area contributed by atoms with Crippen LogP contribution in [0.4, 0.5) is 0 Å². The van der Waals surface area contributed by atoms with Crippen LogP contribution in [-0.2, 0) is 16.0 Å². The Morgan fingerprint density at radius 1 is 0.559 bits per heavy atom. The largest absolute Gasteiger partial charge is 0.505 e. The highest BCUT2D eigenvalue weighted by molar-refractivity contribution is 6.36. The van der Waals surface area contributed by atoms with Gasteiger partial charge in [0.05, 0.1) is 22.1 Å². The molecule has 0 bridgehead atoms. The Morgan fingerprint density at radius 3 is 1.40 bits per heavy atom. The lowest BCUT2D eigenvalue weighted by Gasteiger charge is -2.23. The summed E-state index contributed by atoms with van der Waals surface area (Å²) in [6.45, 7) is 5.95. The van der Waals surface area contributed by atoms with E-state index in [0.29, 0.717) is 81.6 Å². The van der Waals surface area contributed by atoms with Crippen molar-refractivity contribution in [1.29, 1.82) is 0 Å². The van der Waals surface area contributed by atoms with Crippen molar-refractivity contribution >= 4 is 80.0 Å². The van der Waals surface area contributed by atoms with Crippen LogP contribution in [0.25, 0.3) is 21.8 Å². The number of benzene rings is 6. The topological polar surface area (TPSA) is 143 Å². The number of hydrogen-bond acceptors (Lipinski definition) is 8. The molecule has 0 aliphatic carbocycles. The van der Waals surface area contributed by atoms with E-state index < -0.39 is 12.1 Å². The molecule has 0 aliphatic heterocycles. The zero-order valence-electron chi connectivity index (χ0n) is 37.4. The van der Waals surface area contributed by atoms with Crippen molar-refractivity contribution in [3.8, 4) is 23.0 Å². The van der Waals surface area contributed by atoms with E-state index in [1.165, 1.54) is 11.1 Å². The average Bonchev–Trinajstić information content (AvgIpc) is 3.35. The summed E-state index contributed by atoms with van der Waals surface area (Å²) in [5, 5.41) is 30.9. The maximum atomic E-state index is 12.9. The van der Waals surface area contributed by atoms with Gasteiger partial charge in [-0.1, -0.05) is 134 Å². The first kappa shape index (κ1) is 49.3. The van der Waals surface area contributed by atoms with Gasteiger partial charge in [0, 0.05) is 44.3 Å². The lowest BCUT2D eigenvalue weighted by atomic mass is 9.96. The molecule has 14 heteroatoms. The second-order valence-corrected chi connectivity index (χ2v) is 17.8. The van der Waals surface area contributed by atoms with Gasteiger partial charge in [-0.3, -0.25) is 19.6 Å². The number of aromatic hydroxyl groups is 2. The highest BCUT2D eigenvalue weighted by Gasteiger charge is 2.27. The summed E-state index contributed by atoms with van der Waals surface area (Å²) in [7, 11) is 0. The van der Waals surface area contributed by atoms with Gasteiger partial charge in [-0.25, -0.2) is 0 Å². The van der Waals surface area contributed by atoms with E-state index in [1.54, 1.807) is 85.2 Å². The molecule has 2 heterocycles. The van der Waals surface area contributed by atoms with Gasteiger partial charge >= 0.3 is 0 Å². The fourth-order valence-electron chi connectivity index (χ4n) is 7.61. The van der Waals surface area contributed by atoms with E-state index in [9.17, 15) is 19.8 Å². The van der Waals surface area contributed by atoms with Crippen LogP contribution in [0.2, 0.25) is 20.1 Å². The van der Waals surface area contributed by atoms with Crippen molar-refractivity contribution in [2.24, 2.45) is 0 Å². The minimum absolute atomic E-state index is 0.0716. The molecule has 10 nitrogen and oxygen atoms in total. The van der Waals surface area contributed by atoms with E-state index in [0.717, 1.165) is 12.8 Å². The van der Waals surface area contributed by atoms with Crippen LogP contribution < -0.4 is 20.1 Å². The van der Waals surface area contributed by atoms with Crippen LogP contribution in [0.1, 0.15) is 78.6 Å². The van der Waals surface area contributed by atoms with E-state index in [4.69, 9.17) is 55.9 Å². The fourth-order valence-corrected chi connectivity index (χ4v) is 8.64. The number of nitrogens with zero attached hydrogens (tertiary/aromatic N) is 2. The molecule has 2 unspecified atom stereocenters. The predicted molar refractivity (Wildman–Crippen MR) is 272 cm³/mol. The molecule has 0 spiro atoms. The third-order valence-corrected chi connectivity index (χ3v) is 12.4. The van der Waals surface area contributed by atoms with Gasteiger partial charge in [0.15, 0.2) is 13.2 Å². The molecule has 348 valence electrons. The summed E-state index contributed by atoms with van der Waals surface area (Å²) in [6, 6.07) is 38.3. The fraction of sp³-hybridized carbons (Fsp3) is 0.185. The van der Waals surface area contributed by atoms with Crippen molar-refractivity contribution < 1.29 is 29.3 Å². The van der Waals surface area contributed by atoms with Crippen LogP contribution in [0.3, 0.4) is 0 Å². The molecule has 8 aromatic rings. The molecule has 4 N–H and O–H groups in total. The van der Waals surface area contributed by atoms with Gasteiger partial charge in [0.25, 0.3) is 11.8 Å². The number of phenolic OH excluding ortho intramolecular Hbond substituents is 2. The molecule has 0 saturated heterocycles. The number of ether oxygens (including phenoxy) is 2. The number of phenols is 2. The molecule has 0 saturated carbocycles. The SMILES string of the molecule is CC(C)c1ccc(OCC(=O)NC(c2ccccc2Cl)c2cc(Cl)c3cccnc3c2O)cc1.CCCc1ccc(OCC(=O)NC(c2ccccc2Cl)c2cc(Cl)c3cccnc3c2O)cc1. The summed E-state index contributed by atoms with van der Waals surface area (Å²) in [5.74, 6) is 0.700. The first-order valence-corrected chi connectivity index (χ1v) is 23.4. The number of fused-ring (bicyclic) bond motifs is 2. The minimum Gasteiger partial charge on any atom is -0.505 e. The monoisotopic (exact) mass is 988 g/mol. The first-order chi connectivity index (χ1) is 32.8. The molecule has 8 rings (SSSR count). The summed E-state index contributed by atoms with van der Waals surface area (Å²) in [5.41, 5.74) is 5.10. The third-order valence-electron chi connectivity index (χ3n) is 11.1. The lowest BCUT2D eigenvalue weighted by molar-refractivity contribution is -0.124. The van der Waals surface area contributed by atoms with Crippen LogP contribution >= 0.6 is 46.4 Å². The van der Waals surface area contributed by atoms with Crippen LogP contribution in [0, 0.1) is 0 Å². The Bertz CT molecular complexity index is 3040. The maximum absolute atomic E-state index is 12.9. The van der Waals surface area contributed by atoms with Gasteiger partial charge < -0.3 is 30.3 Å². The highest BCUT2D eigenvalue weighted by Crippen LogP contribution is 2.41. The van der Waals surface area contributed by atoms with E-state index in [2.05, 4.69) is 41.4 Å². The van der Waals surface area contributed by atoms with Crippen molar-refractivity contribution in [3.63, 3.8) is 0 Å². The Balaban J connectivity index is 0.000000201. The molecule has 2 atom stereocenters. The van der Waals surface area contributed by atoms with Crippen molar-refractivity contribution in [1.82, 2.24) is 20.6 Å². The average molecular weight is 991 g/mol. The number of halogens is 4. The molecule has 68 heavy (non-hydrogen) atoms. The molecule has 0 aliphatic rings. The number of hydrogen-bond donors (Lipinski definition) is 4. The van der Waals surface area contributed by atoms with E-state index in [-0.39, 0.29) is 36.5 Å². The third kappa shape index (κ3) is 11.9.